The lowest BCUT2D eigenvalue weighted by atomic mass is 9.81. The van der Waals surface area contributed by atoms with Crippen LogP contribution in [0.2, 0.25) is 0 Å². The summed E-state index contributed by atoms with van der Waals surface area (Å²) in [6.07, 6.45) is 3.77. The lowest BCUT2D eigenvalue weighted by Crippen LogP contribution is -2.48. The zero-order valence-electron chi connectivity index (χ0n) is 16.3. The number of fused-ring (bicyclic) bond motifs is 3. The highest BCUT2D eigenvalue weighted by molar-refractivity contribution is 5.95. The lowest BCUT2D eigenvalue weighted by molar-refractivity contribution is -0.119. The number of hydrogen-bond donors (Lipinski definition) is 2. The highest BCUT2D eigenvalue weighted by Gasteiger charge is 2.41. The maximum atomic E-state index is 13.0. The molecule has 1 unspecified atom stereocenters. The Balaban J connectivity index is 1.41. The zero-order valence-corrected chi connectivity index (χ0v) is 16.3. The predicted octanol–water partition coefficient (Wildman–Crippen LogP) is 1.81. The molecule has 0 radical (unpaired) electrons. The van der Waals surface area contributed by atoms with E-state index in [0.717, 1.165) is 36.3 Å². The third kappa shape index (κ3) is 3.25. The monoisotopic (exact) mass is 391 g/mol. The maximum absolute atomic E-state index is 13.0. The van der Waals surface area contributed by atoms with Crippen molar-refractivity contribution in [3.63, 3.8) is 0 Å². The van der Waals surface area contributed by atoms with E-state index in [1.165, 1.54) is 0 Å². The van der Waals surface area contributed by atoms with Crippen LogP contribution < -0.4 is 10.6 Å². The Labute approximate surface area is 170 Å². The van der Waals surface area contributed by atoms with Crippen LogP contribution >= 0.6 is 0 Å². The molecule has 5 rings (SSSR count). The van der Waals surface area contributed by atoms with E-state index in [4.69, 9.17) is 0 Å². The number of carbonyl (C=O) groups excluding carboxylic acids is 2. The van der Waals surface area contributed by atoms with Gasteiger partial charge >= 0.3 is 0 Å². The van der Waals surface area contributed by atoms with Crippen LogP contribution in [0, 0.1) is 5.92 Å². The van der Waals surface area contributed by atoms with Gasteiger partial charge in [0, 0.05) is 55.6 Å². The average Bonchev–Trinajstić information content (AvgIpc) is 3.29. The Bertz CT molecular complexity index is 911. The van der Waals surface area contributed by atoms with Gasteiger partial charge in [0.25, 0.3) is 5.91 Å². The first-order valence-electron chi connectivity index (χ1n) is 10.3. The van der Waals surface area contributed by atoms with Gasteiger partial charge in [-0.3, -0.25) is 14.6 Å². The topological polar surface area (TPSA) is 77.6 Å². The Morgan fingerprint density at radius 2 is 1.97 bits per heavy atom. The van der Waals surface area contributed by atoms with Crippen molar-refractivity contribution in [2.24, 2.45) is 5.92 Å². The fourth-order valence-corrected chi connectivity index (χ4v) is 4.85. The first-order valence-corrected chi connectivity index (χ1v) is 10.3. The molecule has 2 fully saturated rings. The second-order valence-electron chi connectivity index (χ2n) is 8.00. The van der Waals surface area contributed by atoms with E-state index in [1.54, 1.807) is 4.90 Å². The average molecular weight is 391 g/mol. The SMILES string of the molecule is O=CN1CCN(C(=O)c2ccc3c(c2)[C@H]2NCC[C@H]2C(c2ccccn2)N3)CC1. The second-order valence-corrected chi connectivity index (χ2v) is 8.00. The van der Waals surface area contributed by atoms with Crippen LogP contribution in [-0.2, 0) is 4.79 Å². The van der Waals surface area contributed by atoms with Crippen LogP contribution in [0.4, 0.5) is 5.69 Å². The van der Waals surface area contributed by atoms with Crippen molar-refractivity contribution in [1.29, 1.82) is 0 Å². The van der Waals surface area contributed by atoms with Crippen molar-refractivity contribution in [3.8, 4) is 0 Å². The van der Waals surface area contributed by atoms with Crippen LogP contribution in [-0.4, -0.2) is 59.8 Å². The number of pyridine rings is 1. The van der Waals surface area contributed by atoms with Gasteiger partial charge in [0.2, 0.25) is 6.41 Å². The molecule has 150 valence electrons. The Morgan fingerprint density at radius 1 is 1.10 bits per heavy atom. The molecule has 7 nitrogen and oxygen atoms in total. The van der Waals surface area contributed by atoms with E-state index in [1.807, 2.05) is 41.4 Å². The van der Waals surface area contributed by atoms with E-state index in [9.17, 15) is 9.59 Å². The molecule has 2 amide bonds. The van der Waals surface area contributed by atoms with Crippen LogP contribution in [0.1, 0.15) is 40.1 Å². The molecule has 3 aliphatic rings. The maximum Gasteiger partial charge on any atom is 0.253 e. The van der Waals surface area contributed by atoms with Crippen molar-refractivity contribution in [2.75, 3.05) is 38.0 Å². The van der Waals surface area contributed by atoms with Gasteiger partial charge in [0.1, 0.15) is 0 Å². The lowest BCUT2D eigenvalue weighted by Gasteiger charge is -2.37. The van der Waals surface area contributed by atoms with E-state index in [2.05, 4.69) is 21.7 Å². The normalized spacial score (nSPS) is 25.7. The highest BCUT2D eigenvalue weighted by Crippen LogP contribution is 2.47. The van der Waals surface area contributed by atoms with Crippen molar-refractivity contribution < 1.29 is 9.59 Å². The number of anilines is 1. The number of carbonyl (C=O) groups is 2. The summed E-state index contributed by atoms with van der Waals surface area (Å²) in [4.78, 5) is 32.1. The molecular formula is C22H25N5O2. The van der Waals surface area contributed by atoms with E-state index in [0.29, 0.717) is 37.7 Å². The van der Waals surface area contributed by atoms with Crippen molar-refractivity contribution in [2.45, 2.75) is 18.5 Å². The molecule has 7 heteroatoms. The fourth-order valence-electron chi connectivity index (χ4n) is 4.85. The van der Waals surface area contributed by atoms with Crippen LogP contribution in [0.5, 0.6) is 0 Å². The molecule has 0 aliphatic carbocycles. The number of nitrogens with one attached hydrogen (secondary N) is 2. The molecule has 3 aliphatic heterocycles. The second kappa shape index (κ2) is 7.48. The summed E-state index contributed by atoms with van der Waals surface area (Å²) in [5.41, 5.74) is 4.01. The predicted molar refractivity (Wildman–Crippen MR) is 109 cm³/mol. The van der Waals surface area contributed by atoms with Crippen LogP contribution in [0.15, 0.2) is 42.6 Å². The van der Waals surface area contributed by atoms with E-state index >= 15 is 0 Å². The summed E-state index contributed by atoms with van der Waals surface area (Å²) in [6.45, 7) is 3.32. The first kappa shape index (κ1) is 18.1. The molecule has 0 bridgehead atoms. The molecule has 1 aromatic heterocycles. The van der Waals surface area contributed by atoms with Gasteiger partial charge in [-0.15, -0.1) is 0 Å². The smallest absolute Gasteiger partial charge is 0.253 e. The minimum atomic E-state index is 0.0414. The fraction of sp³-hybridized carbons (Fsp3) is 0.409. The van der Waals surface area contributed by atoms with Crippen LogP contribution in [0.3, 0.4) is 0 Å². The Hall–Kier alpha value is -2.93. The van der Waals surface area contributed by atoms with Crippen LogP contribution in [0.25, 0.3) is 0 Å². The number of benzene rings is 1. The molecule has 2 saturated heterocycles. The standard InChI is InChI=1S/C22H25N5O2/c28-14-26-9-11-27(12-10-26)22(29)15-4-5-18-17(13-15)20-16(6-8-24-20)21(25-18)19-3-1-2-7-23-19/h1-5,7,13-14,16,20-21,24-25H,6,8-12H2/t16-,20+,21?/m1/s1. The van der Waals surface area contributed by atoms with Gasteiger partial charge in [-0.05, 0) is 48.9 Å². The molecule has 4 heterocycles. The van der Waals surface area contributed by atoms with Gasteiger partial charge < -0.3 is 20.4 Å². The van der Waals surface area contributed by atoms with Gasteiger partial charge in [-0.1, -0.05) is 6.07 Å². The number of hydrogen-bond acceptors (Lipinski definition) is 5. The number of aromatic nitrogens is 1. The molecular weight excluding hydrogens is 366 g/mol. The number of piperazine rings is 1. The van der Waals surface area contributed by atoms with Gasteiger partial charge in [-0.25, -0.2) is 0 Å². The first-order chi connectivity index (χ1) is 14.2. The summed E-state index contributed by atoms with van der Waals surface area (Å²) >= 11 is 0. The summed E-state index contributed by atoms with van der Waals surface area (Å²) < 4.78 is 0. The van der Waals surface area contributed by atoms with E-state index < -0.39 is 0 Å². The summed E-state index contributed by atoms with van der Waals surface area (Å²) in [5.74, 6) is 0.443. The van der Waals surface area contributed by atoms with Gasteiger partial charge in [-0.2, -0.15) is 0 Å². The molecule has 0 saturated carbocycles. The summed E-state index contributed by atoms with van der Waals surface area (Å²) in [6, 6.07) is 12.4. The van der Waals surface area contributed by atoms with Crippen molar-refractivity contribution >= 4 is 18.0 Å². The molecule has 29 heavy (non-hydrogen) atoms. The Morgan fingerprint density at radius 3 is 2.72 bits per heavy atom. The quantitative estimate of drug-likeness (QED) is 0.781. The summed E-state index contributed by atoms with van der Waals surface area (Å²) in [5, 5.41) is 7.31. The minimum absolute atomic E-state index is 0.0414. The highest BCUT2D eigenvalue weighted by atomic mass is 16.2. The number of nitrogens with zero attached hydrogens (tertiary/aromatic N) is 3. The Kier molecular flexibility index (Phi) is 4.67. The number of rotatable bonds is 3. The number of amides is 2. The third-order valence-electron chi connectivity index (χ3n) is 6.40. The largest absolute Gasteiger partial charge is 0.376 e. The molecule has 2 N–H and O–H groups in total. The van der Waals surface area contributed by atoms with E-state index in [-0.39, 0.29) is 18.0 Å². The summed E-state index contributed by atoms with van der Waals surface area (Å²) in [7, 11) is 0. The van der Waals surface area contributed by atoms with Crippen molar-refractivity contribution in [3.05, 3.63) is 59.4 Å². The van der Waals surface area contributed by atoms with Gasteiger partial charge in [0.05, 0.1) is 11.7 Å². The molecule has 3 atom stereocenters. The third-order valence-corrected chi connectivity index (χ3v) is 6.40. The van der Waals surface area contributed by atoms with Gasteiger partial charge in [0.15, 0.2) is 0 Å². The van der Waals surface area contributed by atoms with Crippen molar-refractivity contribution in [1.82, 2.24) is 20.1 Å². The minimum Gasteiger partial charge on any atom is -0.376 e. The molecule has 0 spiro atoms. The molecule has 2 aromatic rings. The molecule has 1 aromatic carbocycles. The zero-order chi connectivity index (χ0) is 19.8.